The summed E-state index contributed by atoms with van der Waals surface area (Å²) in [5.74, 6) is 0.534. The fourth-order valence-corrected chi connectivity index (χ4v) is 2.11. The molecular weight excluding hydrogens is 222 g/mol. The summed E-state index contributed by atoms with van der Waals surface area (Å²) in [7, 11) is 0. The predicted octanol–water partition coefficient (Wildman–Crippen LogP) is 0.730. The van der Waals surface area contributed by atoms with E-state index in [-0.39, 0.29) is 18.6 Å². The van der Waals surface area contributed by atoms with Crippen LogP contribution < -0.4 is 0 Å². The first kappa shape index (κ1) is 12.1. The van der Waals surface area contributed by atoms with Crippen LogP contribution in [0.4, 0.5) is 0 Å². The van der Waals surface area contributed by atoms with E-state index in [0.717, 1.165) is 5.56 Å². The molecule has 0 bridgehead atoms. The van der Waals surface area contributed by atoms with Crippen LogP contribution in [0.15, 0.2) is 10.7 Å². The van der Waals surface area contributed by atoms with Gasteiger partial charge in [-0.1, -0.05) is 0 Å². The first-order chi connectivity index (χ1) is 8.15. The minimum atomic E-state index is -0.259. The normalized spacial score (nSPS) is 20.6. The lowest BCUT2D eigenvalue weighted by atomic mass is 10.1. The lowest BCUT2D eigenvalue weighted by Gasteiger charge is -2.34. The molecule has 0 aromatic carbocycles. The maximum absolute atomic E-state index is 12.4. The summed E-state index contributed by atoms with van der Waals surface area (Å²) in [5.41, 5.74) is 1.43. The highest BCUT2D eigenvalue weighted by Crippen LogP contribution is 2.20. The number of carbonyl (C=O) groups excluding carboxylic acids is 1. The van der Waals surface area contributed by atoms with Gasteiger partial charge in [0.2, 0.25) is 0 Å². The number of aryl methyl sites for hydroxylation is 2. The molecule has 2 heterocycles. The summed E-state index contributed by atoms with van der Waals surface area (Å²) < 4.78 is 10.5. The minimum absolute atomic E-state index is 0.0817. The van der Waals surface area contributed by atoms with Gasteiger partial charge in [-0.05, 0) is 13.8 Å². The number of morpholine rings is 1. The first-order valence-electron chi connectivity index (χ1n) is 5.69. The zero-order valence-corrected chi connectivity index (χ0v) is 10.1. The Kier molecular flexibility index (Phi) is 3.49. The third kappa shape index (κ3) is 2.21. The van der Waals surface area contributed by atoms with Crippen molar-refractivity contribution in [3.05, 3.63) is 23.2 Å². The van der Waals surface area contributed by atoms with Gasteiger partial charge in [0.05, 0.1) is 37.7 Å². The van der Waals surface area contributed by atoms with Crippen LogP contribution in [0.5, 0.6) is 0 Å². The van der Waals surface area contributed by atoms with Gasteiger partial charge >= 0.3 is 0 Å². The Morgan fingerprint density at radius 1 is 1.59 bits per heavy atom. The van der Waals surface area contributed by atoms with Gasteiger partial charge in [-0.15, -0.1) is 0 Å². The number of hydrogen-bond acceptors (Lipinski definition) is 4. The van der Waals surface area contributed by atoms with Crippen molar-refractivity contribution in [3.63, 3.8) is 0 Å². The van der Waals surface area contributed by atoms with Crippen molar-refractivity contribution in [3.8, 4) is 0 Å². The van der Waals surface area contributed by atoms with E-state index in [2.05, 4.69) is 0 Å². The summed E-state index contributed by atoms with van der Waals surface area (Å²) in [6.07, 6.45) is 1.58. The monoisotopic (exact) mass is 239 g/mol. The molecule has 94 valence electrons. The van der Waals surface area contributed by atoms with Crippen LogP contribution in [-0.2, 0) is 4.74 Å². The Morgan fingerprint density at radius 2 is 2.35 bits per heavy atom. The summed E-state index contributed by atoms with van der Waals surface area (Å²) >= 11 is 0. The zero-order valence-electron chi connectivity index (χ0n) is 10.1. The van der Waals surface area contributed by atoms with Crippen molar-refractivity contribution in [2.75, 3.05) is 26.4 Å². The Hall–Kier alpha value is -1.33. The number of rotatable bonds is 2. The third-order valence-corrected chi connectivity index (χ3v) is 3.07. The van der Waals surface area contributed by atoms with Crippen LogP contribution in [0, 0.1) is 13.8 Å². The number of amides is 1. The standard InChI is InChI=1S/C12H17NO4/c1-8-6-17-9(2)11(8)12(15)13-3-4-16-7-10(13)5-14/h6,10,14H,3-5,7H2,1-2H3. The molecule has 5 nitrogen and oxygen atoms in total. The molecule has 1 atom stereocenters. The average molecular weight is 239 g/mol. The number of carbonyl (C=O) groups is 1. The minimum Gasteiger partial charge on any atom is -0.469 e. The number of hydrogen-bond donors (Lipinski definition) is 1. The lowest BCUT2D eigenvalue weighted by molar-refractivity contribution is -0.0185. The van der Waals surface area contributed by atoms with E-state index in [4.69, 9.17) is 9.15 Å². The van der Waals surface area contributed by atoms with Gasteiger partial charge in [0.1, 0.15) is 5.76 Å². The van der Waals surface area contributed by atoms with Crippen molar-refractivity contribution < 1.29 is 19.1 Å². The highest BCUT2D eigenvalue weighted by molar-refractivity contribution is 5.96. The molecule has 2 rings (SSSR count). The van der Waals surface area contributed by atoms with Gasteiger partial charge in [-0.25, -0.2) is 0 Å². The van der Waals surface area contributed by atoms with E-state index in [1.54, 1.807) is 18.1 Å². The van der Waals surface area contributed by atoms with Crippen LogP contribution in [-0.4, -0.2) is 48.3 Å². The van der Waals surface area contributed by atoms with E-state index in [1.165, 1.54) is 0 Å². The molecule has 1 aromatic rings. The van der Waals surface area contributed by atoms with Crippen molar-refractivity contribution in [2.24, 2.45) is 0 Å². The third-order valence-electron chi connectivity index (χ3n) is 3.07. The predicted molar refractivity (Wildman–Crippen MR) is 60.9 cm³/mol. The SMILES string of the molecule is Cc1coc(C)c1C(=O)N1CCOCC1CO. The number of ether oxygens (including phenoxy) is 1. The van der Waals surface area contributed by atoms with E-state index < -0.39 is 0 Å². The van der Waals surface area contributed by atoms with E-state index in [1.807, 2.05) is 6.92 Å². The number of furan rings is 1. The molecule has 17 heavy (non-hydrogen) atoms. The van der Waals surface area contributed by atoms with Gasteiger partial charge in [0.15, 0.2) is 0 Å². The summed E-state index contributed by atoms with van der Waals surface area (Å²) in [5, 5.41) is 9.25. The fourth-order valence-electron chi connectivity index (χ4n) is 2.11. The first-order valence-corrected chi connectivity index (χ1v) is 5.69. The second kappa shape index (κ2) is 4.89. The molecule has 1 aliphatic heterocycles. The molecule has 0 spiro atoms. The molecule has 1 aliphatic rings. The zero-order chi connectivity index (χ0) is 12.4. The van der Waals surface area contributed by atoms with Crippen LogP contribution >= 0.6 is 0 Å². The van der Waals surface area contributed by atoms with E-state index in [0.29, 0.717) is 31.1 Å². The van der Waals surface area contributed by atoms with Crippen LogP contribution in [0.25, 0.3) is 0 Å². The maximum atomic E-state index is 12.4. The molecule has 1 amide bonds. The Labute approximate surface area is 100.0 Å². The van der Waals surface area contributed by atoms with Crippen LogP contribution in [0.1, 0.15) is 21.7 Å². The van der Waals surface area contributed by atoms with Gasteiger partial charge < -0.3 is 19.2 Å². The second-order valence-electron chi connectivity index (χ2n) is 4.26. The van der Waals surface area contributed by atoms with Crippen molar-refractivity contribution in [1.82, 2.24) is 4.90 Å². The van der Waals surface area contributed by atoms with Crippen LogP contribution in [0.2, 0.25) is 0 Å². The van der Waals surface area contributed by atoms with Gasteiger partial charge in [0, 0.05) is 12.1 Å². The summed E-state index contributed by atoms with van der Waals surface area (Å²) in [4.78, 5) is 14.0. The maximum Gasteiger partial charge on any atom is 0.258 e. The van der Waals surface area contributed by atoms with Gasteiger partial charge in [-0.2, -0.15) is 0 Å². The second-order valence-corrected chi connectivity index (χ2v) is 4.26. The van der Waals surface area contributed by atoms with Crippen molar-refractivity contribution in [1.29, 1.82) is 0 Å². The largest absolute Gasteiger partial charge is 0.469 e. The lowest BCUT2D eigenvalue weighted by Crippen LogP contribution is -2.50. The molecular formula is C12H17NO4. The summed E-state index contributed by atoms with van der Waals surface area (Å²) in [6, 6.07) is -0.259. The summed E-state index contributed by atoms with van der Waals surface area (Å²) in [6.45, 7) is 4.94. The average Bonchev–Trinajstić information content (AvgIpc) is 2.68. The van der Waals surface area contributed by atoms with Crippen molar-refractivity contribution >= 4 is 5.91 Å². The van der Waals surface area contributed by atoms with E-state index >= 15 is 0 Å². The quantitative estimate of drug-likeness (QED) is 0.826. The molecule has 0 aliphatic carbocycles. The molecule has 1 fully saturated rings. The molecule has 5 heteroatoms. The smallest absolute Gasteiger partial charge is 0.258 e. The molecule has 0 saturated carbocycles. The number of aliphatic hydroxyl groups is 1. The Balaban J connectivity index is 2.24. The Bertz CT molecular complexity index is 393. The molecule has 1 saturated heterocycles. The molecule has 1 N–H and O–H groups in total. The number of aliphatic hydroxyl groups excluding tert-OH is 1. The van der Waals surface area contributed by atoms with Gasteiger partial charge in [-0.3, -0.25) is 4.79 Å². The fraction of sp³-hybridized carbons (Fsp3) is 0.583. The molecule has 0 radical (unpaired) electrons. The highest BCUT2D eigenvalue weighted by Gasteiger charge is 2.30. The molecule has 1 unspecified atom stereocenters. The topological polar surface area (TPSA) is 62.9 Å². The highest BCUT2D eigenvalue weighted by atomic mass is 16.5. The van der Waals surface area contributed by atoms with Gasteiger partial charge in [0.25, 0.3) is 5.91 Å². The Morgan fingerprint density at radius 3 is 2.94 bits per heavy atom. The van der Waals surface area contributed by atoms with Crippen molar-refractivity contribution in [2.45, 2.75) is 19.9 Å². The van der Waals surface area contributed by atoms with E-state index in [9.17, 15) is 9.90 Å². The van der Waals surface area contributed by atoms with Crippen LogP contribution in [0.3, 0.4) is 0 Å². The molecule has 1 aromatic heterocycles. The number of nitrogens with zero attached hydrogens (tertiary/aromatic N) is 1.